The van der Waals surface area contributed by atoms with E-state index in [4.69, 9.17) is 4.52 Å². The minimum atomic E-state index is -4.51. The number of carbonyl (C=O) groups excluding carboxylic acids is 2. The summed E-state index contributed by atoms with van der Waals surface area (Å²) in [5.41, 5.74) is -0.856. The summed E-state index contributed by atoms with van der Waals surface area (Å²) in [5, 5.41) is 8.57. The molecule has 1 aromatic heterocycles. The number of alkyl halides is 3. The van der Waals surface area contributed by atoms with Crippen molar-refractivity contribution in [1.29, 1.82) is 0 Å². The number of halogens is 3. The molecule has 1 saturated carbocycles. The number of amides is 3. The first-order chi connectivity index (χ1) is 12.7. The molecule has 3 rings (SSSR count). The van der Waals surface area contributed by atoms with Gasteiger partial charge in [-0.1, -0.05) is 11.2 Å². The van der Waals surface area contributed by atoms with Crippen molar-refractivity contribution >= 4 is 23.4 Å². The van der Waals surface area contributed by atoms with Crippen LogP contribution in [0.3, 0.4) is 0 Å². The van der Waals surface area contributed by atoms with Crippen LogP contribution in [0.15, 0.2) is 34.9 Å². The largest absolute Gasteiger partial charge is 0.416 e. The molecular formula is C17H17F3N4O3. The van der Waals surface area contributed by atoms with Crippen molar-refractivity contribution in [3.8, 4) is 0 Å². The van der Waals surface area contributed by atoms with Crippen LogP contribution in [-0.2, 0) is 11.0 Å². The number of hydrogen-bond donors (Lipinski definition) is 2. The number of rotatable bonds is 5. The van der Waals surface area contributed by atoms with Gasteiger partial charge in [-0.25, -0.2) is 4.79 Å². The number of anilines is 2. The lowest BCUT2D eigenvalue weighted by Crippen LogP contribution is -2.42. The van der Waals surface area contributed by atoms with Crippen LogP contribution < -0.4 is 10.6 Å². The zero-order chi connectivity index (χ0) is 19.6. The van der Waals surface area contributed by atoms with Gasteiger partial charge in [-0.3, -0.25) is 4.79 Å². The summed E-state index contributed by atoms with van der Waals surface area (Å²) in [5.74, 6) is 0.271. The SMILES string of the molecule is Cc1cc(NC(=O)CN(C(=O)Nc2cccc(C(F)(F)F)c2)C2CC2)no1. The zero-order valence-corrected chi connectivity index (χ0v) is 14.3. The number of nitrogens with zero attached hydrogens (tertiary/aromatic N) is 2. The van der Waals surface area contributed by atoms with Crippen LogP contribution in [0.25, 0.3) is 0 Å². The second-order valence-corrected chi connectivity index (χ2v) is 6.24. The maximum absolute atomic E-state index is 12.8. The molecule has 0 spiro atoms. The second kappa shape index (κ2) is 7.29. The molecule has 0 radical (unpaired) electrons. The average molecular weight is 382 g/mol. The van der Waals surface area contributed by atoms with Crippen LogP contribution in [0, 0.1) is 6.92 Å². The van der Waals surface area contributed by atoms with Crippen LogP contribution in [0.5, 0.6) is 0 Å². The summed E-state index contributed by atoms with van der Waals surface area (Å²) in [6, 6.07) is 5.10. The summed E-state index contributed by atoms with van der Waals surface area (Å²) in [6.45, 7) is 1.42. The summed E-state index contributed by atoms with van der Waals surface area (Å²) in [7, 11) is 0. The van der Waals surface area contributed by atoms with Crippen molar-refractivity contribution < 1.29 is 27.3 Å². The summed E-state index contributed by atoms with van der Waals surface area (Å²) in [6.07, 6.45) is -3.05. The van der Waals surface area contributed by atoms with Crippen LogP contribution >= 0.6 is 0 Å². The Balaban J connectivity index is 1.64. The van der Waals surface area contributed by atoms with Gasteiger partial charge in [0, 0.05) is 17.8 Å². The summed E-state index contributed by atoms with van der Waals surface area (Å²) in [4.78, 5) is 25.9. The van der Waals surface area contributed by atoms with Gasteiger partial charge in [-0.2, -0.15) is 13.2 Å². The van der Waals surface area contributed by atoms with Gasteiger partial charge in [0.15, 0.2) is 5.82 Å². The Morgan fingerprint density at radius 1 is 1.26 bits per heavy atom. The minimum Gasteiger partial charge on any atom is -0.360 e. The van der Waals surface area contributed by atoms with Crippen LogP contribution in [0.4, 0.5) is 29.5 Å². The maximum Gasteiger partial charge on any atom is 0.416 e. The highest BCUT2D eigenvalue weighted by Gasteiger charge is 2.35. The molecule has 2 N–H and O–H groups in total. The standard InChI is InChI=1S/C17H17F3N4O3/c1-10-7-14(23-27-10)22-15(25)9-24(13-5-6-13)16(26)21-12-4-2-3-11(8-12)17(18,19)20/h2-4,7-8,13H,5-6,9H2,1H3,(H,21,26)(H,22,23,25). The first kappa shape index (κ1) is 18.7. The summed E-state index contributed by atoms with van der Waals surface area (Å²) < 4.78 is 43.2. The number of urea groups is 1. The molecule has 144 valence electrons. The molecular weight excluding hydrogens is 365 g/mol. The van der Waals surface area contributed by atoms with E-state index in [1.807, 2.05) is 0 Å². The highest BCUT2D eigenvalue weighted by atomic mass is 19.4. The second-order valence-electron chi connectivity index (χ2n) is 6.24. The maximum atomic E-state index is 12.8. The third kappa shape index (κ3) is 4.99. The van der Waals surface area contributed by atoms with Crippen molar-refractivity contribution in [2.45, 2.75) is 32.0 Å². The van der Waals surface area contributed by atoms with Crippen molar-refractivity contribution in [3.63, 3.8) is 0 Å². The summed E-state index contributed by atoms with van der Waals surface area (Å²) >= 11 is 0. The molecule has 1 heterocycles. The molecule has 3 amide bonds. The molecule has 10 heteroatoms. The molecule has 1 aromatic carbocycles. The van der Waals surface area contributed by atoms with E-state index in [2.05, 4.69) is 15.8 Å². The van der Waals surface area contributed by atoms with Gasteiger partial charge in [0.2, 0.25) is 5.91 Å². The van der Waals surface area contributed by atoms with Crippen LogP contribution in [0.2, 0.25) is 0 Å². The smallest absolute Gasteiger partial charge is 0.360 e. The van der Waals surface area contributed by atoms with Crippen molar-refractivity contribution in [1.82, 2.24) is 10.1 Å². The van der Waals surface area contributed by atoms with Gasteiger partial charge in [0.05, 0.1) is 5.56 Å². The van der Waals surface area contributed by atoms with Crippen LogP contribution in [0.1, 0.15) is 24.2 Å². The van der Waals surface area contributed by atoms with E-state index >= 15 is 0 Å². The van der Waals surface area contributed by atoms with Gasteiger partial charge >= 0.3 is 12.2 Å². The highest BCUT2D eigenvalue weighted by Crippen LogP contribution is 2.31. The number of benzene rings is 1. The third-order valence-corrected chi connectivity index (χ3v) is 3.90. The lowest BCUT2D eigenvalue weighted by atomic mass is 10.2. The van der Waals surface area contributed by atoms with Crippen molar-refractivity contribution in [2.24, 2.45) is 0 Å². The van der Waals surface area contributed by atoms with Gasteiger partial charge in [-0.15, -0.1) is 0 Å². The van der Waals surface area contributed by atoms with E-state index in [-0.39, 0.29) is 24.1 Å². The fraction of sp³-hybridized carbons (Fsp3) is 0.353. The Bertz CT molecular complexity index is 846. The lowest BCUT2D eigenvalue weighted by molar-refractivity contribution is -0.137. The van der Waals surface area contributed by atoms with Crippen molar-refractivity contribution in [3.05, 3.63) is 41.7 Å². The molecule has 0 bridgehead atoms. The predicted octanol–water partition coefficient (Wildman–Crippen LogP) is 3.64. The molecule has 0 saturated heterocycles. The average Bonchev–Trinajstić information content (AvgIpc) is 3.35. The zero-order valence-electron chi connectivity index (χ0n) is 14.3. The van der Waals surface area contributed by atoms with E-state index < -0.39 is 23.7 Å². The quantitative estimate of drug-likeness (QED) is 0.827. The molecule has 0 unspecified atom stereocenters. The Labute approximate surface area is 152 Å². The first-order valence-electron chi connectivity index (χ1n) is 8.20. The normalized spacial score (nSPS) is 13.9. The Hall–Kier alpha value is -3.04. The van der Waals surface area contributed by atoms with Crippen LogP contribution in [-0.4, -0.2) is 34.6 Å². The monoisotopic (exact) mass is 382 g/mol. The predicted molar refractivity (Wildman–Crippen MR) is 90.1 cm³/mol. The Morgan fingerprint density at radius 3 is 2.59 bits per heavy atom. The van der Waals surface area contributed by atoms with E-state index in [0.29, 0.717) is 5.76 Å². The minimum absolute atomic E-state index is 0.00742. The third-order valence-electron chi connectivity index (χ3n) is 3.90. The van der Waals surface area contributed by atoms with E-state index in [1.54, 1.807) is 6.92 Å². The number of nitrogens with one attached hydrogen (secondary N) is 2. The van der Waals surface area contributed by atoms with E-state index in [9.17, 15) is 22.8 Å². The number of aromatic nitrogens is 1. The highest BCUT2D eigenvalue weighted by molar-refractivity contribution is 5.96. The molecule has 2 aromatic rings. The lowest BCUT2D eigenvalue weighted by Gasteiger charge is -2.22. The molecule has 1 aliphatic carbocycles. The number of aryl methyl sites for hydroxylation is 1. The molecule has 1 aliphatic rings. The van der Waals surface area contributed by atoms with Gasteiger partial charge in [0.25, 0.3) is 0 Å². The van der Waals surface area contributed by atoms with E-state index in [1.165, 1.54) is 23.1 Å². The number of hydrogen-bond acceptors (Lipinski definition) is 4. The number of carbonyl (C=O) groups is 2. The van der Waals surface area contributed by atoms with Gasteiger partial charge in [-0.05, 0) is 38.0 Å². The van der Waals surface area contributed by atoms with Gasteiger partial charge < -0.3 is 20.1 Å². The molecule has 27 heavy (non-hydrogen) atoms. The molecule has 1 fully saturated rings. The van der Waals surface area contributed by atoms with E-state index in [0.717, 1.165) is 25.0 Å². The van der Waals surface area contributed by atoms with Crippen molar-refractivity contribution in [2.75, 3.05) is 17.2 Å². The Morgan fingerprint density at radius 2 is 2.00 bits per heavy atom. The fourth-order valence-corrected chi connectivity index (χ4v) is 2.48. The molecule has 0 atom stereocenters. The molecule has 0 aliphatic heterocycles. The fourth-order valence-electron chi connectivity index (χ4n) is 2.48. The van der Waals surface area contributed by atoms with Gasteiger partial charge in [0.1, 0.15) is 12.3 Å². The molecule has 7 nitrogen and oxygen atoms in total. The first-order valence-corrected chi connectivity index (χ1v) is 8.20. The Kier molecular flexibility index (Phi) is 5.06. The topological polar surface area (TPSA) is 87.5 Å².